The molecule has 7 nitrogen and oxygen atoms in total. The van der Waals surface area contributed by atoms with E-state index in [1.807, 2.05) is 0 Å². The second-order valence-electron chi connectivity index (χ2n) is 6.04. The molecule has 1 aliphatic rings. The number of carbonyl (C=O) groups excluding carboxylic acids is 2. The highest BCUT2D eigenvalue weighted by Gasteiger charge is 2.43. The van der Waals surface area contributed by atoms with E-state index in [4.69, 9.17) is 4.74 Å². The fraction of sp³-hybridized carbons (Fsp3) is 0.500. The Morgan fingerprint density at radius 2 is 1.80 bits per heavy atom. The normalized spacial score (nSPS) is 16.6. The van der Waals surface area contributed by atoms with Crippen LogP contribution < -0.4 is 5.32 Å². The van der Waals surface area contributed by atoms with Crippen LogP contribution in [0.4, 0.5) is 0 Å². The molecule has 1 aliphatic carbocycles. The smallest absolute Gasteiger partial charge is 0.331 e. The maximum absolute atomic E-state index is 12.5. The Bertz CT molecular complexity index is 742. The third-order valence-electron chi connectivity index (χ3n) is 4.30. The minimum absolute atomic E-state index is 0.0922. The van der Waals surface area contributed by atoms with Crippen LogP contribution in [0.25, 0.3) is 0 Å². The predicted octanol–water partition coefficient (Wildman–Crippen LogP) is 1.67. The van der Waals surface area contributed by atoms with E-state index < -0.39 is 27.4 Å². The van der Waals surface area contributed by atoms with Crippen molar-refractivity contribution in [2.24, 2.45) is 0 Å². The third kappa shape index (κ3) is 4.39. The topological polar surface area (TPSA) is 92.8 Å². The molecule has 138 valence electrons. The highest BCUT2D eigenvalue weighted by atomic mass is 79.9. The number of methoxy groups -OCH3 is 1. The average molecular weight is 433 g/mol. The summed E-state index contributed by atoms with van der Waals surface area (Å²) in [6.07, 6.45) is 2.61. The molecule has 0 radical (unpaired) electrons. The second kappa shape index (κ2) is 7.84. The molecule has 1 aromatic carbocycles. The molecular weight excluding hydrogens is 412 g/mol. The molecule has 9 heteroatoms. The van der Waals surface area contributed by atoms with Gasteiger partial charge in [0.05, 0.1) is 18.6 Å². The Morgan fingerprint density at radius 3 is 2.32 bits per heavy atom. The van der Waals surface area contributed by atoms with Gasteiger partial charge in [0.15, 0.2) is 0 Å². The van der Waals surface area contributed by atoms with Gasteiger partial charge in [-0.05, 0) is 37.1 Å². The first kappa shape index (κ1) is 19.9. The van der Waals surface area contributed by atoms with Crippen LogP contribution in [0, 0.1) is 0 Å². The maximum Gasteiger partial charge on any atom is 0.331 e. The second-order valence-corrected chi connectivity index (χ2v) is 9.00. The number of ether oxygens (including phenoxy) is 1. The lowest BCUT2D eigenvalue weighted by Gasteiger charge is -2.28. The zero-order chi connectivity index (χ0) is 18.7. The molecule has 0 aromatic heterocycles. The number of benzene rings is 1. The highest BCUT2D eigenvalue weighted by molar-refractivity contribution is 9.10. The van der Waals surface area contributed by atoms with Crippen molar-refractivity contribution in [1.29, 1.82) is 0 Å². The van der Waals surface area contributed by atoms with E-state index in [9.17, 15) is 18.0 Å². The lowest BCUT2D eigenvalue weighted by atomic mass is 9.98. The van der Waals surface area contributed by atoms with Crippen molar-refractivity contribution in [3.8, 4) is 0 Å². The van der Waals surface area contributed by atoms with Crippen LogP contribution in [0.15, 0.2) is 33.6 Å². The van der Waals surface area contributed by atoms with E-state index in [1.54, 1.807) is 12.1 Å². The van der Waals surface area contributed by atoms with Crippen molar-refractivity contribution in [2.75, 3.05) is 20.7 Å². The van der Waals surface area contributed by atoms with Crippen molar-refractivity contribution in [1.82, 2.24) is 9.62 Å². The molecule has 1 amide bonds. The van der Waals surface area contributed by atoms with Crippen LogP contribution >= 0.6 is 15.9 Å². The molecule has 0 heterocycles. The van der Waals surface area contributed by atoms with Crippen LogP contribution in [0.3, 0.4) is 0 Å². The SMILES string of the molecule is COC(=O)C1(NC(=O)CN(C)S(=O)(=O)c2ccc(Br)cc2)CCCC1. The van der Waals surface area contributed by atoms with Crippen LogP contribution in [0.2, 0.25) is 0 Å². The van der Waals surface area contributed by atoms with Crippen molar-refractivity contribution in [3.63, 3.8) is 0 Å². The molecule has 1 saturated carbocycles. The van der Waals surface area contributed by atoms with Gasteiger partial charge in [0, 0.05) is 11.5 Å². The summed E-state index contributed by atoms with van der Waals surface area (Å²) >= 11 is 3.25. The number of hydrogen-bond acceptors (Lipinski definition) is 5. The number of nitrogens with one attached hydrogen (secondary N) is 1. The van der Waals surface area contributed by atoms with Gasteiger partial charge in [-0.2, -0.15) is 4.31 Å². The monoisotopic (exact) mass is 432 g/mol. The molecule has 1 N–H and O–H groups in total. The molecule has 0 spiro atoms. The van der Waals surface area contributed by atoms with Gasteiger partial charge >= 0.3 is 5.97 Å². The van der Waals surface area contributed by atoms with Gasteiger partial charge in [-0.25, -0.2) is 13.2 Å². The lowest BCUT2D eigenvalue weighted by Crippen LogP contribution is -2.55. The summed E-state index contributed by atoms with van der Waals surface area (Å²) in [5.74, 6) is -1.02. The Labute approximate surface area is 155 Å². The quantitative estimate of drug-likeness (QED) is 0.690. The molecule has 0 unspecified atom stereocenters. The number of hydrogen-bond donors (Lipinski definition) is 1. The summed E-state index contributed by atoms with van der Waals surface area (Å²) in [7, 11) is -1.19. The summed E-state index contributed by atoms with van der Waals surface area (Å²) in [4.78, 5) is 24.5. The molecule has 2 rings (SSSR count). The minimum Gasteiger partial charge on any atom is -0.467 e. The minimum atomic E-state index is -3.79. The van der Waals surface area contributed by atoms with Crippen LogP contribution in [0.5, 0.6) is 0 Å². The highest BCUT2D eigenvalue weighted by Crippen LogP contribution is 2.30. The Hall–Kier alpha value is -1.45. The van der Waals surface area contributed by atoms with Gasteiger partial charge in [0.25, 0.3) is 0 Å². The van der Waals surface area contributed by atoms with E-state index in [0.29, 0.717) is 12.8 Å². The average Bonchev–Trinajstić information content (AvgIpc) is 3.03. The molecule has 0 bridgehead atoms. The summed E-state index contributed by atoms with van der Waals surface area (Å²) in [6, 6.07) is 6.15. The molecule has 1 fully saturated rings. The zero-order valence-electron chi connectivity index (χ0n) is 14.1. The summed E-state index contributed by atoms with van der Waals surface area (Å²) in [5.41, 5.74) is -1.05. The molecule has 0 atom stereocenters. The van der Waals surface area contributed by atoms with Crippen LogP contribution in [0.1, 0.15) is 25.7 Å². The van der Waals surface area contributed by atoms with E-state index in [2.05, 4.69) is 21.2 Å². The number of amides is 1. The van der Waals surface area contributed by atoms with E-state index >= 15 is 0 Å². The van der Waals surface area contributed by atoms with E-state index in [1.165, 1.54) is 26.3 Å². The van der Waals surface area contributed by atoms with Gasteiger partial charge in [-0.1, -0.05) is 28.8 Å². The number of halogens is 1. The first-order valence-electron chi connectivity index (χ1n) is 7.83. The summed E-state index contributed by atoms with van der Waals surface area (Å²) in [6.45, 7) is -0.378. The largest absolute Gasteiger partial charge is 0.467 e. The van der Waals surface area contributed by atoms with Crippen LogP contribution in [-0.2, 0) is 24.3 Å². The summed E-state index contributed by atoms with van der Waals surface area (Å²) < 4.78 is 31.6. The van der Waals surface area contributed by atoms with Crippen LogP contribution in [-0.4, -0.2) is 50.8 Å². The van der Waals surface area contributed by atoms with Gasteiger partial charge in [0.2, 0.25) is 15.9 Å². The van der Waals surface area contributed by atoms with Gasteiger partial charge < -0.3 is 10.1 Å². The first-order valence-corrected chi connectivity index (χ1v) is 10.1. The van der Waals surface area contributed by atoms with Crippen molar-refractivity contribution in [2.45, 2.75) is 36.1 Å². The van der Waals surface area contributed by atoms with Gasteiger partial charge in [0.1, 0.15) is 5.54 Å². The fourth-order valence-corrected chi connectivity index (χ4v) is 4.33. The summed E-state index contributed by atoms with van der Waals surface area (Å²) in [5, 5.41) is 2.68. The maximum atomic E-state index is 12.5. The van der Waals surface area contributed by atoms with E-state index in [0.717, 1.165) is 21.6 Å². The molecule has 25 heavy (non-hydrogen) atoms. The fourth-order valence-electron chi connectivity index (χ4n) is 2.93. The lowest BCUT2D eigenvalue weighted by molar-refractivity contribution is -0.150. The first-order chi connectivity index (χ1) is 11.7. The molecular formula is C16H21BrN2O5S. The third-order valence-corrected chi connectivity index (χ3v) is 6.65. The number of esters is 1. The van der Waals surface area contributed by atoms with Crippen molar-refractivity contribution in [3.05, 3.63) is 28.7 Å². The zero-order valence-corrected chi connectivity index (χ0v) is 16.5. The Kier molecular flexibility index (Phi) is 6.23. The molecule has 0 saturated heterocycles. The van der Waals surface area contributed by atoms with E-state index in [-0.39, 0.29) is 11.4 Å². The van der Waals surface area contributed by atoms with Crippen molar-refractivity contribution >= 4 is 37.8 Å². The Morgan fingerprint density at radius 1 is 1.24 bits per heavy atom. The number of likely N-dealkylation sites (N-methyl/N-ethyl adjacent to an activating group) is 1. The van der Waals surface area contributed by atoms with Gasteiger partial charge in [-0.15, -0.1) is 0 Å². The molecule has 1 aromatic rings. The van der Waals surface area contributed by atoms with Gasteiger partial charge in [-0.3, -0.25) is 4.79 Å². The standard InChI is InChI=1S/C16H21BrN2O5S/c1-19(25(22,23)13-7-5-12(17)6-8-13)11-14(20)18-16(15(21)24-2)9-3-4-10-16/h5-8H,3-4,9-11H2,1-2H3,(H,18,20). The number of carbonyl (C=O) groups is 2. The Balaban J connectivity index is 2.08. The van der Waals surface area contributed by atoms with Crippen molar-refractivity contribution < 1.29 is 22.7 Å². The predicted molar refractivity (Wildman–Crippen MR) is 95.3 cm³/mol. The molecule has 0 aliphatic heterocycles. The number of rotatable bonds is 6. The number of nitrogens with zero attached hydrogens (tertiary/aromatic N) is 1. The number of sulfonamides is 1.